The van der Waals surface area contributed by atoms with E-state index in [4.69, 9.17) is 0 Å². The maximum atomic E-state index is 12.1. The van der Waals surface area contributed by atoms with Crippen molar-refractivity contribution >= 4 is 10.0 Å². The lowest BCUT2D eigenvalue weighted by Crippen LogP contribution is -2.25. The van der Waals surface area contributed by atoms with Gasteiger partial charge in [0, 0.05) is 38.1 Å². The van der Waals surface area contributed by atoms with Gasteiger partial charge >= 0.3 is 0 Å². The van der Waals surface area contributed by atoms with Crippen molar-refractivity contribution < 1.29 is 8.42 Å². The zero-order chi connectivity index (χ0) is 14.0. The van der Waals surface area contributed by atoms with E-state index in [0.29, 0.717) is 29.9 Å². The Morgan fingerprint density at radius 3 is 2.68 bits per heavy atom. The Morgan fingerprint density at radius 2 is 2.11 bits per heavy atom. The van der Waals surface area contributed by atoms with Crippen LogP contribution < -0.4 is 10.0 Å². The quantitative estimate of drug-likeness (QED) is 0.791. The van der Waals surface area contributed by atoms with Gasteiger partial charge in [-0.15, -0.1) is 0 Å². The monoisotopic (exact) mass is 285 g/mol. The molecule has 6 heteroatoms. The van der Waals surface area contributed by atoms with Crippen LogP contribution in [-0.4, -0.2) is 25.6 Å². The number of sulfonamides is 1. The van der Waals surface area contributed by atoms with Crippen LogP contribution >= 0.6 is 0 Å². The average molecular weight is 285 g/mol. The van der Waals surface area contributed by atoms with Gasteiger partial charge in [-0.05, 0) is 24.8 Å². The maximum Gasteiger partial charge on any atom is 0.242 e. The van der Waals surface area contributed by atoms with E-state index < -0.39 is 10.0 Å². The molecule has 2 rings (SSSR count). The number of nitrogens with zero attached hydrogens (tertiary/aromatic N) is 1. The van der Waals surface area contributed by atoms with Gasteiger partial charge in [-0.2, -0.15) is 0 Å². The summed E-state index contributed by atoms with van der Waals surface area (Å²) in [4.78, 5) is 0.358. The van der Waals surface area contributed by atoms with Crippen LogP contribution in [0.5, 0.6) is 0 Å². The van der Waals surface area contributed by atoms with Crippen LogP contribution in [0.4, 0.5) is 0 Å². The van der Waals surface area contributed by atoms with E-state index in [-0.39, 0.29) is 0 Å². The highest BCUT2D eigenvalue weighted by Crippen LogP contribution is 2.28. The van der Waals surface area contributed by atoms with Crippen LogP contribution in [-0.2, 0) is 23.6 Å². The topological polar surface area (TPSA) is 63.1 Å². The highest BCUT2D eigenvalue weighted by atomic mass is 32.2. The molecule has 0 saturated heterocycles. The molecule has 0 spiro atoms. The Balaban J connectivity index is 2.04. The third-order valence-electron chi connectivity index (χ3n) is 3.34. The molecule has 108 valence electrons. The smallest absolute Gasteiger partial charge is 0.242 e. The lowest BCUT2D eigenvalue weighted by atomic mass is 10.3. The van der Waals surface area contributed by atoms with E-state index in [1.54, 1.807) is 12.3 Å². The molecule has 1 aliphatic rings. The molecular formula is C13H23N3O2S. The molecule has 1 aliphatic carbocycles. The number of hydrogen-bond donors (Lipinski definition) is 2. The van der Waals surface area contributed by atoms with Crippen LogP contribution in [0.25, 0.3) is 0 Å². The summed E-state index contributed by atoms with van der Waals surface area (Å²) in [6.07, 6.45) is 3.95. The van der Waals surface area contributed by atoms with Gasteiger partial charge in [0.05, 0.1) is 4.90 Å². The van der Waals surface area contributed by atoms with Crippen LogP contribution in [0.15, 0.2) is 17.2 Å². The molecule has 1 heterocycles. The summed E-state index contributed by atoms with van der Waals surface area (Å²) in [6.45, 7) is 5.37. The molecule has 0 aromatic carbocycles. The number of rotatable bonds is 7. The molecule has 0 bridgehead atoms. The Labute approximate surface area is 115 Å². The molecule has 0 atom stereocenters. The van der Waals surface area contributed by atoms with Crippen molar-refractivity contribution in [3.8, 4) is 0 Å². The van der Waals surface area contributed by atoms with Crippen LogP contribution in [0.2, 0.25) is 0 Å². The molecule has 1 aromatic heterocycles. The second-order valence-electron chi connectivity index (χ2n) is 5.61. The van der Waals surface area contributed by atoms with Crippen molar-refractivity contribution in [2.45, 2.75) is 44.2 Å². The van der Waals surface area contributed by atoms with E-state index in [0.717, 1.165) is 18.5 Å². The number of aryl methyl sites for hydroxylation is 1. The van der Waals surface area contributed by atoms with Gasteiger partial charge in [0.1, 0.15) is 0 Å². The second kappa shape index (κ2) is 5.64. The average Bonchev–Trinajstić information content (AvgIpc) is 3.07. The second-order valence-corrected chi connectivity index (χ2v) is 7.38. The van der Waals surface area contributed by atoms with Crippen molar-refractivity contribution in [1.29, 1.82) is 0 Å². The number of nitrogens with one attached hydrogen (secondary N) is 2. The molecule has 19 heavy (non-hydrogen) atoms. The molecule has 1 aromatic rings. The third kappa shape index (κ3) is 4.06. The zero-order valence-corrected chi connectivity index (χ0v) is 12.6. The summed E-state index contributed by atoms with van der Waals surface area (Å²) in [7, 11) is -1.48. The van der Waals surface area contributed by atoms with Crippen LogP contribution in [0.1, 0.15) is 32.4 Å². The van der Waals surface area contributed by atoms with Crippen molar-refractivity contribution in [2.24, 2.45) is 13.0 Å². The molecule has 0 unspecified atom stereocenters. The van der Waals surface area contributed by atoms with Crippen molar-refractivity contribution in [1.82, 2.24) is 14.6 Å². The van der Waals surface area contributed by atoms with Gasteiger partial charge in [-0.25, -0.2) is 13.1 Å². The highest BCUT2D eigenvalue weighted by molar-refractivity contribution is 7.89. The largest absolute Gasteiger partial charge is 0.352 e. The SMILES string of the molecule is CC(C)NCc1cc(S(=O)(=O)NCC2CC2)cn1C. The first-order valence-electron chi connectivity index (χ1n) is 6.77. The zero-order valence-electron chi connectivity index (χ0n) is 11.8. The summed E-state index contributed by atoms with van der Waals surface area (Å²) >= 11 is 0. The molecule has 0 amide bonds. The summed E-state index contributed by atoms with van der Waals surface area (Å²) in [5.74, 6) is 0.542. The minimum Gasteiger partial charge on any atom is -0.352 e. The predicted molar refractivity (Wildman–Crippen MR) is 75.3 cm³/mol. The first-order chi connectivity index (χ1) is 8.88. The Morgan fingerprint density at radius 1 is 1.42 bits per heavy atom. The van der Waals surface area contributed by atoms with E-state index in [1.807, 2.05) is 11.6 Å². The molecule has 2 N–H and O–H groups in total. The van der Waals surface area contributed by atoms with Crippen molar-refractivity contribution in [3.63, 3.8) is 0 Å². The van der Waals surface area contributed by atoms with Gasteiger partial charge in [-0.3, -0.25) is 0 Å². The van der Waals surface area contributed by atoms with Gasteiger partial charge in [0.25, 0.3) is 0 Å². The van der Waals surface area contributed by atoms with E-state index in [2.05, 4.69) is 23.9 Å². The number of hydrogen-bond acceptors (Lipinski definition) is 3. The van der Waals surface area contributed by atoms with Gasteiger partial charge < -0.3 is 9.88 Å². The summed E-state index contributed by atoms with van der Waals surface area (Å²) in [5, 5.41) is 3.29. The highest BCUT2D eigenvalue weighted by Gasteiger charge is 2.25. The standard InChI is InChI=1S/C13H23N3O2S/c1-10(2)14-8-12-6-13(9-16(12)3)19(17,18)15-7-11-4-5-11/h6,9-11,14-15H,4-5,7-8H2,1-3H3. The molecule has 1 saturated carbocycles. The van der Waals surface area contributed by atoms with E-state index in [1.165, 1.54) is 0 Å². The first kappa shape index (κ1) is 14.6. The predicted octanol–water partition coefficient (Wildman–Crippen LogP) is 1.21. The van der Waals surface area contributed by atoms with Gasteiger partial charge in [-0.1, -0.05) is 13.8 Å². The summed E-state index contributed by atoms with van der Waals surface area (Å²) < 4.78 is 28.8. The molecule has 0 radical (unpaired) electrons. The van der Waals surface area contributed by atoms with Crippen LogP contribution in [0.3, 0.4) is 0 Å². The molecule has 0 aliphatic heterocycles. The Hall–Kier alpha value is -0.850. The fourth-order valence-electron chi connectivity index (χ4n) is 1.84. The van der Waals surface area contributed by atoms with Crippen LogP contribution in [0, 0.1) is 5.92 Å². The van der Waals surface area contributed by atoms with E-state index >= 15 is 0 Å². The van der Waals surface area contributed by atoms with Crippen molar-refractivity contribution in [3.05, 3.63) is 18.0 Å². The lowest BCUT2D eigenvalue weighted by Gasteiger charge is -2.08. The number of aromatic nitrogens is 1. The fourth-order valence-corrected chi connectivity index (χ4v) is 3.05. The maximum absolute atomic E-state index is 12.1. The molecule has 1 fully saturated rings. The summed E-state index contributed by atoms with van der Waals surface area (Å²) in [5.41, 5.74) is 0.973. The molecule has 5 nitrogen and oxygen atoms in total. The summed E-state index contributed by atoms with van der Waals surface area (Å²) in [6, 6.07) is 2.12. The molecular weight excluding hydrogens is 262 g/mol. The van der Waals surface area contributed by atoms with Gasteiger partial charge in [0.2, 0.25) is 10.0 Å². The minimum absolute atomic E-state index is 0.358. The fraction of sp³-hybridized carbons (Fsp3) is 0.692. The van der Waals surface area contributed by atoms with E-state index in [9.17, 15) is 8.42 Å². The lowest BCUT2D eigenvalue weighted by molar-refractivity contribution is 0.571. The Kier molecular flexibility index (Phi) is 4.32. The minimum atomic E-state index is -3.35. The van der Waals surface area contributed by atoms with Gasteiger partial charge in [0.15, 0.2) is 0 Å². The Bertz CT molecular complexity index is 530. The third-order valence-corrected chi connectivity index (χ3v) is 4.73. The van der Waals surface area contributed by atoms with Crippen molar-refractivity contribution in [2.75, 3.05) is 6.54 Å². The normalized spacial score (nSPS) is 16.2. The first-order valence-corrected chi connectivity index (χ1v) is 8.25.